The number of hydrogen-bond acceptors (Lipinski definition) is 3. The molecule has 2 N–H and O–H groups in total. The Morgan fingerprint density at radius 1 is 1.26 bits per heavy atom. The highest BCUT2D eigenvalue weighted by atomic mass is 32.1. The lowest BCUT2D eigenvalue weighted by Crippen LogP contribution is -2.47. The van der Waals surface area contributed by atoms with E-state index in [4.69, 9.17) is 17.0 Å². The third-order valence-corrected chi connectivity index (χ3v) is 4.39. The molecule has 1 aromatic rings. The third-order valence-electron chi connectivity index (χ3n) is 4.13. The molecule has 4 nitrogen and oxygen atoms in total. The van der Waals surface area contributed by atoms with Gasteiger partial charge >= 0.3 is 0 Å². The molecule has 5 heteroatoms. The minimum Gasteiger partial charge on any atom is -0.382 e. The van der Waals surface area contributed by atoms with Gasteiger partial charge in [0.1, 0.15) is 0 Å². The van der Waals surface area contributed by atoms with Gasteiger partial charge in [0.15, 0.2) is 5.11 Å². The van der Waals surface area contributed by atoms with Crippen molar-refractivity contribution in [2.45, 2.75) is 38.8 Å². The monoisotopic (exact) mass is 335 g/mol. The molecule has 0 spiro atoms. The van der Waals surface area contributed by atoms with E-state index in [0.29, 0.717) is 6.04 Å². The molecule has 0 amide bonds. The molecule has 1 fully saturated rings. The largest absolute Gasteiger partial charge is 0.382 e. The maximum atomic E-state index is 5.37. The van der Waals surface area contributed by atoms with Crippen molar-refractivity contribution < 1.29 is 4.74 Å². The van der Waals surface area contributed by atoms with Crippen LogP contribution in [0.15, 0.2) is 30.3 Å². The van der Waals surface area contributed by atoms with Crippen molar-refractivity contribution in [3.05, 3.63) is 35.9 Å². The first-order chi connectivity index (χ1) is 11.3. The number of benzene rings is 1. The Morgan fingerprint density at radius 2 is 2.00 bits per heavy atom. The van der Waals surface area contributed by atoms with Gasteiger partial charge in [0.2, 0.25) is 0 Å². The molecule has 2 rings (SSSR count). The first kappa shape index (κ1) is 18.2. The fourth-order valence-electron chi connectivity index (χ4n) is 2.83. The Balaban J connectivity index is 1.58. The van der Waals surface area contributed by atoms with Crippen LogP contribution in [0.25, 0.3) is 0 Å². The van der Waals surface area contributed by atoms with Gasteiger partial charge in [-0.2, -0.15) is 0 Å². The van der Waals surface area contributed by atoms with Gasteiger partial charge in [-0.3, -0.25) is 4.90 Å². The Kier molecular flexibility index (Phi) is 8.36. The summed E-state index contributed by atoms with van der Waals surface area (Å²) in [7, 11) is 0. The second kappa shape index (κ2) is 10.6. The maximum Gasteiger partial charge on any atom is 0.166 e. The molecule has 1 aliphatic rings. The summed E-state index contributed by atoms with van der Waals surface area (Å²) >= 11 is 5.37. The van der Waals surface area contributed by atoms with Crippen molar-refractivity contribution in [2.75, 3.05) is 32.8 Å². The molecule has 0 aliphatic carbocycles. The number of piperidine rings is 1. The van der Waals surface area contributed by atoms with E-state index in [1.165, 1.54) is 5.56 Å². The predicted octanol–water partition coefficient (Wildman–Crippen LogP) is 2.54. The van der Waals surface area contributed by atoms with Gasteiger partial charge in [-0.25, -0.2) is 0 Å². The first-order valence-electron chi connectivity index (χ1n) is 8.66. The van der Waals surface area contributed by atoms with Crippen LogP contribution in [-0.2, 0) is 11.3 Å². The molecule has 0 bridgehead atoms. The zero-order valence-electron chi connectivity index (χ0n) is 14.1. The minimum absolute atomic E-state index is 0.494. The van der Waals surface area contributed by atoms with Crippen molar-refractivity contribution in [3.8, 4) is 0 Å². The number of rotatable bonds is 8. The SMILES string of the molecule is CCOCCCNC(=S)NC1CCN(Cc2ccccc2)CC1. The maximum absolute atomic E-state index is 5.37. The van der Waals surface area contributed by atoms with E-state index >= 15 is 0 Å². The number of nitrogens with zero attached hydrogens (tertiary/aromatic N) is 1. The minimum atomic E-state index is 0.494. The van der Waals surface area contributed by atoms with Crippen LogP contribution >= 0.6 is 12.2 Å². The first-order valence-corrected chi connectivity index (χ1v) is 9.07. The van der Waals surface area contributed by atoms with Crippen LogP contribution in [0.4, 0.5) is 0 Å². The van der Waals surface area contributed by atoms with E-state index in [1.807, 2.05) is 6.92 Å². The lowest BCUT2D eigenvalue weighted by Gasteiger charge is -2.33. The number of thiocarbonyl (C=S) groups is 1. The fraction of sp³-hybridized carbons (Fsp3) is 0.611. The van der Waals surface area contributed by atoms with E-state index in [0.717, 1.165) is 63.8 Å². The second-order valence-electron chi connectivity index (χ2n) is 5.99. The summed E-state index contributed by atoms with van der Waals surface area (Å²) < 4.78 is 5.32. The molecule has 1 aromatic carbocycles. The molecule has 0 unspecified atom stereocenters. The Hall–Kier alpha value is -1.17. The molecule has 1 heterocycles. The van der Waals surface area contributed by atoms with Crippen molar-refractivity contribution in [1.82, 2.24) is 15.5 Å². The highest BCUT2D eigenvalue weighted by Gasteiger charge is 2.19. The summed E-state index contributed by atoms with van der Waals surface area (Å²) in [5.41, 5.74) is 1.39. The Labute approximate surface area is 145 Å². The number of nitrogens with one attached hydrogen (secondary N) is 2. The second-order valence-corrected chi connectivity index (χ2v) is 6.39. The molecule has 0 radical (unpaired) electrons. The predicted molar refractivity (Wildman–Crippen MR) is 99.6 cm³/mol. The zero-order valence-corrected chi connectivity index (χ0v) is 14.9. The Morgan fingerprint density at radius 3 is 2.70 bits per heavy atom. The van der Waals surface area contributed by atoms with E-state index in [9.17, 15) is 0 Å². The number of likely N-dealkylation sites (tertiary alicyclic amines) is 1. The molecule has 0 atom stereocenters. The highest BCUT2D eigenvalue weighted by molar-refractivity contribution is 7.80. The average molecular weight is 336 g/mol. The van der Waals surface area contributed by atoms with Gasteiger partial charge in [-0.1, -0.05) is 30.3 Å². The van der Waals surface area contributed by atoms with Crippen molar-refractivity contribution in [2.24, 2.45) is 0 Å². The average Bonchev–Trinajstić information content (AvgIpc) is 2.57. The van der Waals surface area contributed by atoms with Crippen molar-refractivity contribution in [3.63, 3.8) is 0 Å². The number of hydrogen-bond donors (Lipinski definition) is 2. The van der Waals surface area contributed by atoms with Gasteiger partial charge in [0.25, 0.3) is 0 Å². The summed E-state index contributed by atoms with van der Waals surface area (Å²) in [4.78, 5) is 2.52. The molecular weight excluding hydrogens is 306 g/mol. The molecule has 23 heavy (non-hydrogen) atoms. The quantitative estimate of drug-likeness (QED) is 0.564. The topological polar surface area (TPSA) is 36.5 Å². The summed E-state index contributed by atoms with van der Waals surface area (Å²) in [6.45, 7) is 7.77. The lowest BCUT2D eigenvalue weighted by atomic mass is 10.0. The zero-order chi connectivity index (χ0) is 16.3. The Bertz CT molecular complexity index is 447. The van der Waals surface area contributed by atoms with Crippen molar-refractivity contribution in [1.29, 1.82) is 0 Å². The van der Waals surface area contributed by atoms with Gasteiger partial charge in [0, 0.05) is 45.4 Å². The summed E-state index contributed by atoms with van der Waals surface area (Å²) in [6.07, 6.45) is 3.28. The molecule has 1 saturated heterocycles. The fourth-order valence-corrected chi connectivity index (χ4v) is 3.10. The van der Waals surface area contributed by atoms with E-state index in [-0.39, 0.29) is 0 Å². The van der Waals surface area contributed by atoms with Gasteiger partial charge < -0.3 is 15.4 Å². The van der Waals surface area contributed by atoms with Gasteiger partial charge in [0.05, 0.1) is 0 Å². The van der Waals surface area contributed by atoms with E-state index in [1.54, 1.807) is 0 Å². The molecule has 0 saturated carbocycles. The van der Waals surface area contributed by atoms with Crippen LogP contribution in [0.3, 0.4) is 0 Å². The summed E-state index contributed by atoms with van der Waals surface area (Å²) in [6, 6.07) is 11.2. The summed E-state index contributed by atoms with van der Waals surface area (Å²) in [5.74, 6) is 0. The number of ether oxygens (including phenoxy) is 1. The highest BCUT2D eigenvalue weighted by Crippen LogP contribution is 2.13. The molecule has 1 aliphatic heterocycles. The smallest absolute Gasteiger partial charge is 0.166 e. The molecular formula is C18H29N3OS. The van der Waals surface area contributed by atoms with Crippen LogP contribution in [0.2, 0.25) is 0 Å². The van der Waals surface area contributed by atoms with Crippen LogP contribution in [0, 0.1) is 0 Å². The van der Waals surface area contributed by atoms with Crippen molar-refractivity contribution >= 4 is 17.3 Å². The van der Waals surface area contributed by atoms with Crippen LogP contribution in [0.5, 0.6) is 0 Å². The van der Waals surface area contributed by atoms with Crippen LogP contribution < -0.4 is 10.6 Å². The van der Waals surface area contributed by atoms with Crippen LogP contribution in [0.1, 0.15) is 31.7 Å². The third kappa shape index (κ3) is 7.29. The standard InChI is InChI=1S/C18H29N3OS/c1-2-22-14-6-11-19-18(23)20-17-9-12-21(13-10-17)15-16-7-4-3-5-8-16/h3-5,7-8,17H,2,6,9-15H2,1H3,(H2,19,20,23). The molecule has 0 aromatic heterocycles. The van der Waals surface area contributed by atoms with Crippen LogP contribution in [-0.4, -0.2) is 48.9 Å². The van der Waals surface area contributed by atoms with E-state index in [2.05, 4.69) is 45.9 Å². The van der Waals surface area contributed by atoms with Gasteiger partial charge in [-0.15, -0.1) is 0 Å². The molecule has 128 valence electrons. The summed E-state index contributed by atoms with van der Waals surface area (Å²) in [5, 5.41) is 7.49. The van der Waals surface area contributed by atoms with E-state index < -0.39 is 0 Å². The van der Waals surface area contributed by atoms with Gasteiger partial charge in [-0.05, 0) is 44.0 Å². The normalized spacial score (nSPS) is 16.2. The lowest BCUT2D eigenvalue weighted by molar-refractivity contribution is 0.145.